The summed E-state index contributed by atoms with van der Waals surface area (Å²) < 4.78 is 2.21. The summed E-state index contributed by atoms with van der Waals surface area (Å²) in [4.78, 5) is 0. The molecule has 0 fully saturated rings. The maximum atomic E-state index is 6.07. The lowest BCUT2D eigenvalue weighted by Gasteiger charge is -2.05. The molecule has 0 amide bonds. The van der Waals surface area contributed by atoms with Crippen molar-refractivity contribution in [3.05, 3.63) is 62.9 Å². The monoisotopic (exact) mass is 383 g/mol. The molecule has 3 aromatic rings. The van der Waals surface area contributed by atoms with Gasteiger partial charge in [-0.1, -0.05) is 46.1 Å². The van der Waals surface area contributed by atoms with E-state index >= 15 is 0 Å². The number of nitrogens with one attached hydrogen (secondary N) is 1. The minimum absolute atomic E-state index is 0.609. The van der Waals surface area contributed by atoms with Crippen LogP contribution < -0.4 is 9.88 Å². The van der Waals surface area contributed by atoms with Gasteiger partial charge in [-0.05, 0) is 37.3 Å². The Labute approximate surface area is 154 Å². The topological polar surface area (TPSA) is 15.9 Å². The molecule has 118 valence electrons. The zero-order valence-corrected chi connectivity index (χ0v) is 15.4. The summed E-state index contributed by atoms with van der Waals surface area (Å²) in [5.41, 5.74) is 3.14. The molecule has 0 radical (unpaired) electrons. The highest BCUT2D eigenvalue weighted by atomic mass is 35.5. The number of hydrogen-bond acceptors (Lipinski definition) is 2. The quantitative estimate of drug-likeness (QED) is 0.513. The van der Waals surface area contributed by atoms with Gasteiger partial charge in [-0.15, -0.1) is 0 Å². The van der Waals surface area contributed by atoms with Crippen LogP contribution in [0.4, 0.5) is 10.8 Å². The minimum atomic E-state index is 0.609. The van der Waals surface area contributed by atoms with Crippen molar-refractivity contribution in [2.24, 2.45) is 0 Å². The molecule has 0 unspecified atom stereocenters. The highest BCUT2D eigenvalue weighted by molar-refractivity contribution is 7.13. The maximum absolute atomic E-state index is 6.07. The minimum Gasteiger partial charge on any atom is -0.231 e. The van der Waals surface area contributed by atoms with Crippen molar-refractivity contribution < 1.29 is 4.57 Å². The van der Waals surface area contributed by atoms with E-state index in [0.717, 1.165) is 33.6 Å². The SMILES string of the molecule is CC[n+]1c(-c2ccc(Cl)cc2)csc1Nc1cc(Cl)cc(Cl)c1. The highest BCUT2D eigenvalue weighted by Crippen LogP contribution is 2.29. The first-order chi connectivity index (χ1) is 11.1. The Morgan fingerprint density at radius 2 is 1.61 bits per heavy atom. The van der Waals surface area contributed by atoms with Crippen molar-refractivity contribution in [2.45, 2.75) is 13.5 Å². The first-order valence-corrected chi connectivity index (χ1v) is 9.08. The van der Waals surface area contributed by atoms with Gasteiger partial charge in [-0.2, -0.15) is 0 Å². The number of aromatic nitrogens is 1. The number of benzene rings is 2. The average molecular weight is 385 g/mol. The third kappa shape index (κ3) is 3.81. The van der Waals surface area contributed by atoms with Gasteiger partial charge in [-0.3, -0.25) is 0 Å². The molecule has 3 rings (SSSR count). The van der Waals surface area contributed by atoms with Gasteiger partial charge in [0.15, 0.2) is 0 Å². The van der Waals surface area contributed by atoms with Gasteiger partial charge in [0.25, 0.3) is 0 Å². The van der Waals surface area contributed by atoms with Crippen LogP contribution in [0.15, 0.2) is 47.8 Å². The Hall–Kier alpha value is -1.26. The summed E-state index contributed by atoms with van der Waals surface area (Å²) in [5.74, 6) is 0. The average Bonchev–Trinajstić information content (AvgIpc) is 2.89. The zero-order chi connectivity index (χ0) is 16.4. The summed E-state index contributed by atoms with van der Waals surface area (Å²) in [6, 6.07) is 13.3. The van der Waals surface area contributed by atoms with Crippen LogP contribution in [0.2, 0.25) is 15.1 Å². The van der Waals surface area contributed by atoms with Gasteiger partial charge in [0.05, 0.1) is 6.54 Å². The number of rotatable bonds is 4. The predicted molar refractivity (Wildman–Crippen MR) is 100 cm³/mol. The van der Waals surface area contributed by atoms with Crippen LogP contribution >= 0.6 is 46.1 Å². The van der Waals surface area contributed by atoms with Gasteiger partial charge < -0.3 is 0 Å². The van der Waals surface area contributed by atoms with Crippen LogP contribution in [0.5, 0.6) is 0 Å². The summed E-state index contributed by atoms with van der Waals surface area (Å²) >= 11 is 19.7. The lowest BCUT2D eigenvalue weighted by atomic mass is 10.2. The lowest BCUT2D eigenvalue weighted by Crippen LogP contribution is -2.35. The number of halogens is 3. The first-order valence-electron chi connectivity index (χ1n) is 7.07. The van der Waals surface area contributed by atoms with E-state index in [1.165, 1.54) is 0 Å². The Morgan fingerprint density at radius 1 is 0.957 bits per heavy atom. The molecule has 1 N–H and O–H groups in total. The number of anilines is 2. The summed E-state index contributed by atoms with van der Waals surface area (Å²) in [5, 5.41) is 8.50. The van der Waals surface area contributed by atoms with Crippen molar-refractivity contribution in [1.82, 2.24) is 0 Å². The molecule has 1 aromatic heterocycles. The van der Waals surface area contributed by atoms with Crippen molar-refractivity contribution >= 4 is 57.0 Å². The van der Waals surface area contributed by atoms with E-state index in [9.17, 15) is 0 Å². The number of nitrogens with zero attached hydrogens (tertiary/aromatic N) is 1. The van der Waals surface area contributed by atoms with Gasteiger partial charge >= 0.3 is 5.13 Å². The van der Waals surface area contributed by atoms with Gasteiger partial charge in [0, 0.05) is 38.1 Å². The predicted octanol–water partition coefficient (Wildman–Crippen LogP) is 6.43. The van der Waals surface area contributed by atoms with Gasteiger partial charge in [0.1, 0.15) is 11.4 Å². The summed E-state index contributed by atoms with van der Waals surface area (Å²) in [6.45, 7) is 2.96. The largest absolute Gasteiger partial charge is 0.339 e. The van der Waals surface area contributed by atoms with E-state index < -0.39 is 0 Å². The van der Waals surface area contributed by atoms with E-state index in [0.29, 0.717) is 10.0 Å². The van der Waals surface area contributed by atoms with Crippen LogP contribution in [-0.4, -0.2) is 0 Å². The highest BCUT2D eigenvalue weighted by Gasteiger charge is 2.18. The van der Waals surface area contributed by atoms with Crippen molar-refractivity contribution in [3.63, 3.8) is 0 Å². The molecule has 0 atom stereocenters. The first kappa shape index (κ1) is 16.6. The second-order valence-corrected chi connectivity index (χ2v) is 7.13. The number of thiazole rings is 1. The van der Waals surface area contributed by atoms with Crippen molar-refractivity contribution in [2.75, 3.05) is 5.32 Å². The Balaban J connectivity index is 1.96. The van der Waals surface area contributed by atoms with Crippen LogP contribution in [0.25, 0.3) is 11.3 Å². The molecule has 0 aliphatic rings. The fourth-order valence-electron chi connectivity index (χ4n) is 2.35. The van der Waals surface area contributed by atoms with E-state index in [-0.39, 0.29) is 0 Å². The maximum Gasteiger partial charge on any atom is 0.339 e. The van der Waals surface area contributed by atoms with E-state index in [1.807, 2.05) is 36.4 Å². The Bertz CT molecular complexity index is 808. The molecule has 1 heterocycles. The molecule has 0 saturated heterocycles. The fraction of sp³-hybridized carbons (Fsp3) is 0.118. The van der Waals surface area contributed by atoms with E-state index in [4.69, 9.17) is 34.8 Å². The lowest BCUT2D eigenvalue weighted by molar-refractivity contribution is -0.664. The smallest absolute Gasteiger partial charge is 0.231 e. The van der Waals surface area contributed by atoms with Crippen LogP contribution in [-0.2, 0) is 6.54 Å². The molecule has 0 saturated carbocycles. The molecular formula is C17H14Cl3N2S+. The Morgan fingerprint density at radius 3 is 2.22 bits per heavy atom. The second-order valence-electron chi connectivity index (χ2n) is 4.96. The molecule has 0 bridgehead atoms. The molecule has 0 spiro atoms. The zero-order valence-electron chi connectivity index (χ0n) is 12.3. The molecule has 0 aliphatic carbocycles. The van der Waals surface area contributed by atoms with Crippen molar-refractivity contribution in [3.8, 4) is 11.3 Å². The number of hydrogen-bond donors (Lipinski definition) is 1. The van der Waals surface area contributed by atoms with Gasteiger partial charge in [0.2, 0.25) is 0 Å². The normalized spacial score (nSPS) is 10.8. The molecule has 0 aliphatic heterocycles. The summed E-state index contributed by atoms with van der Waals surface area (Å²) in [6.07, 6.45) is 0. The molecule has 23 heavy (non-hydrogen) atoms. The van der Waals surface area contributed by atoms with E-state index in [1.54, 1.807) is 17.4 Å². The van der Waals surface area contributed by atoms with E-state index in [2.05, 4.69) is 22.2 Å². The van der Waals surface area contributed by atoms with Gasteiger partial charge in [-0.25, -0.2) is 9.88 Å². The fourth-order valence-corrected chi connectivity index (χ4v) is 4.02. The molecule has 6 heteroatoms. The van der Waals surface area contributed by atoms with Crippen LogP contribution in [0.3, 0.4) is 0 Å². The Kier molecular flexibility index (Phi) is 5.12. The summed E-state index contributed by atoms with van der Waals surface area (Å²) in [7, 11) is 0. The third-order valence-electron chi connectivity index (χ3n) is 3.39. The van der Waals surface area contributed by atoms with Crippen molar-refractivity contribution in [1.29, 1.82) is 0 Å². The van der Waals surface area contributed by atoms with Crippen LogP contribution in [0.1, 0.15) is 6.92 Å². The van der Waals surface area contributed by atoms with Crippen LogP contribution in [0, 0.1) is 0 Å². The standard InChI is InChI=1S/C17H13Cl3N2S/c1-2-22-16(11-3-5-12(18)6-4-11)10-23-17(22)21-15-8-13(19)7-14(20)9-15/h3-10H,2H2,1H3/p+1. The molecule has 2 aromatic carbocycles. The molecule has 2 nitrogen and oxygen atoms in total. The second kappa shape index (κ2) is 7.10. The third-order valence-corrected chi connectivity index (χ3v) is 4.96. The molecular weight excluding hydrogens is 371 g/mol.